The van der Waals surface area contributed by atoms with Gasteiger partial charge in [0.05, 0.1) is 22.3 Å². The van der Waals surface area contributed by atoms with E-state index >= 15 is 0 Å². The highest BCUT2D eigenvalue weighted by Crippen LogP contribution is 2.31. The van der Waals surface area contributed by atoms with Crippen LogP contribution >= 0.6 is 23.2 Å². The van der Waals surface area contributed by atoms with Crippen LogP contribution in [0.3, 0.4) is 0 Å². The predicted octanol–water partition coefficient (Wildman–Crippen LogP) is 5.49. The lowest BCUT2D eigenvalue weighted by atomic mass is 10.0. The Morgan fingerprint density at radius 1 is 0.846 bits per heavy atom. The summed E-state index contributed by atoms with van der Waals surface area (Å²) in [7, 11) is 0. The van der Waals surface area contributed by atoms with E-state index in [1.54, 1.807) is 0 Å². The third-order valence-electron chi connectivity index (χ3n) is 7.42. The summed E-state index contributed by atoms with van der Waals surface area (Å²) in [4.78, 5) is 17.6. The SMILES string of the molecule is O=C(CN1CCCN(Cc2ccc(Cl)c(Cl)c2)CC1)Nc1ccc2c(c1)CCc1nnc(-c3ccccc3)n1-2. The Labute approximate surface area is 238 Å². The minimum Gasteiger partial charge on any atom is -0.325 e. The summed E-state index contributed by atoms with van der Waals surface area (Å²) in [6.07, 6.45) is 2.70. The van der Waals surface area contributed by atoms with Gasteiger partial charge in [0.2, 0.25) is 5.91 Å². The maximum atomic E-state index is 13.0. The van der Waals surface area contributed by atoms with Crippen LogP contribution in [0.4, 0.5) is 5.69 Å². The quantitative estimate of drug-likeness (QED) is 0.338. The first-order chi connectivity index (χ1) is 19.0. The van der Waals surface area contributed by atoms with Crippen LogP contribution in [-0.2, 0) is 24.2 Å². The van der Waals surface area contributed by atoms with Crippen molar-refractivity contribution < 1.29 is 4.79 Å². The number of halogens is 2. The van der Waals surface area contributed by atoms with Crippen molar-refractivity contribution in [3.05, 3.63) is 93.7 Å². The van der Waals surface area contributed by atoms with Gasteiger partial charge in [0.1, 0.15) is 5.82 Å². The van der Waals surface area contributed by atoms with Crippen LogP contribution in [-0.4, -0.2) is 63.2 Å². The fraction of sp³-hybridized carbons (Fsp3) is 0.300. The minimum atomic E-state index is 0.0126. The number of nitrogens with zero attached hydrogens (tertiary/aromatic N) is 5. The Balaban J connectivity index is 1.07. The number of benzene rings is 3. The van der Waals surface area contributed by atoms with E-state index in [-0.39, 0.29) is 5.91 Å². The highest BCUT2D eigenvalue weighted by Gasteiger charge is 2.23. The van der Waals surface area contributed by atoms with Crippen LogP contribution in [0.25, 0.3) is 17.1 Å². The predicted molar refractivity (Wildman–Crippen MR) is 156 cm³/mol. The molecule has 39 heavy (non-hydrogen) atoms. The van der Waals surface area contributed by atoms with E-state index in [9.17, 15) is 4.79 Å². The van der Waals surface area contributed by atoms with Gasteiger partial charge in [-0.25, -0.2) is 0 Å². The normalized spacial score (nSPS) is 15.8. The van der Waals surface area contributed by atoms with Crippen molar-refractivity contribution >= 4 is 34.8 Å². The number of carbonyl (C=O) groups excluding carboxylic acids is 1. The molecular weight excluding hydrogens is 531 g/mol. The zero-order valence-electron chi connectivity index (χ0n) is 21.6. The third kappa shape index (κ3) is 5.87. The summed E-state index contributed by atoms with van der Waals surface area (Å²) in [5.74, 6) is 1.82. The second-order valence-electron chi connectivity index (χ2n) is 10.2. The molecule has 7 nitrogen and oxygen atoms in total. The number of fused-ring (bicyclic) bond motifs is 3. The lowest BCUT2D eigenvalue weighted by Crippen LogP contribution is -2.36. The van der Waals surface area contributed by atoms with E-state index in [4.69, 9.17) is 23.2 Å². The van der Waals surface area contributed by atoms with Crippen LogP contribution < -0.4 is 5.32 Å². The number of carbonyl (C=O) groups is 1. The van der Waals surface area contributed by atoms with Gasteiger partial charge in [0, 0.05) is 37.3 Å². The number of anilines is 1. The highest BCUT2D eigenvalue weighted by molar-refractivity contribution is 6.42. The Morgan fingerprint density at radius 3 is 2.51 bits per heavy atom. The van der Waals surface area contributed by atoms with Crippen molar-refractivity contribution in [3.8, 4) is 17.1 Å². The molecule has 1 fully saturated rings. The molecule has 0 atom stereocenters. The summed E-state index contributed by atoms with van der Waals surface area (Å²) >= 11 is 12.2. The van der Waals surface area contributed by atoms with Gasteiger partial charge in [0.15, 0.2) is 5.82 Å². The van der Waals surface area contributed by atoms with Gasteiger partial charge in [0.25, 0.3) is 0 Å². The molecular formula is C30H30Cl2N6O. The second-order valence-corrected chi connectivity index (χ2v) is 11.0. The van der Waals surface area contributed by atoms with Crippen LogP contribution in [0.5, 0.6) is 0 Å². The molecule has 3 heterocycles. The summed E-state index contributed by atoms with van der Waals surface area (Å²) in [5.41, 5.74) is 5.28. The Morgan fingerprint density at radius 2 is 1.67 bits per heavy atom. The average Bonchev–Trinajstić information content (AvgIpc) is 3.27. The maximum Gasteiger partial charge on any atom is 0.238 e. The number of hydrogen-bond donors (Lipinski definition) is 1. The molecule has 9 heteroatoms. The molecule has 1 amide bonds. The van der Waals surface area contributed by atoms with Crippen molar-refractivity contribution in [2.24, 2.45) is 0 Å². The topological polar surface area (TPSA) is 66.3 Å². The van der Waals surface area contributed by atoms with Gasteiger partial charge >= 0.3 is 0 Å². The number of amides is 1. The number of aromatic nitrogens is 3. The van der Waals surface area contributed by atoms with Crippen molar-refractivity contribution in [2.45, 2.75) is 25.8 Å². The molecule has 0 unspecified atom stereocenters. The highest BCUT2D eigenvalue weighted by atomic mass is 35.5. The molecule has 2 aliphatic rings. The molecule has 0 radical (unpaired) electrons. The van der Waals surface area contributed by atoms with Gasteiger partial charge < -0.3 is 5.32 Å². The molecule has 2 aliphatic heterocycles. The lowest BCUT2D eigenvalue weighted by molar-refractivity contribution is -0.117. The number of rotatable bonds is 6. The van der Waals surface area contributed by atoms with Gasteiger partial charge in [-0.2, -0.15) is 0 Å². The van der Waals surface area contributed by atoms with Crippen molar-refractivity contribution in [1.29, 1.82) is 0 Å². The van der Waals surface area contributed by atoms with E-state index in [0.29, 0.717) is 16.6 Å². The minimum absolute atomic E-state index is 0.0126. The van der Waals surface area contributed by atoms with E-state index in [1.807, 2.05) is 42.5 Å². The fourth-order valence-corrected chi connectivity index (χ4v) is 5.79. The van der Waals surface area contributed by atoms with Crippen molar-refractivity contribution in [3.63, 3.8) is 0 Å². The Bertz CT molecular complexity index is 1490. The first-order valence-corrected chi connectivity index (χ1v) is 14.1. The van der Waals surface area contributed by atoms with Crippen molar-refractivity contribution in [1.82, 2.24) is 24.6 Å². The van der Waals surface area contributed by atoms with E-state index < -0.39 is 0 Å². The standard InChI is InChI=1S/C30H30Cl2N6O/c31-25-10-7-21(17-26(25)32)19-36-13-4-14-37(16-15-36)20-29(39)33-24-9-11-27-23(18-24)8-12-28-34-35-30(38(27)28)22-5-2-1-3-6-22/h1-3,5-7,9-11,17-18H,4,8,12-16,19-20H2,(H,33,39). The number of nitrogens with one attached hydrogen (secondary N) is 1. The van der Waals surface area contributed by atoms with E-state index in [1.165, 1.54) is 5.56 Å². The summed E-state index contributed by atoms with van der Waals surface area (Å²) in [6.45, 7) is 4.83. The molecule has 1 saturated heterocycles. The zero-order valence-corrected chi connectivity index (χ0v) is 23.1. The molecule has 1 aromatic heterocycles. The molecule has 6 rings (SSSR count). The molecule has 0 spiro atoms. The molecule has 200 valence electrons. The van der Waals surface area contributed by atoms with Crippen molar-refractivity contribution in [2.75, 3.05) is 38.0 Å². The molecule has 4 aromatic rings. The monoisotopic (exact) mass is 560 g/mol. The van der Waals surface area contributed by atoms with Crippen LogP contribution in [0.15, 0.2) is 66.7 Å². The third-order valence-corrected chi connectivity index (χ3v) is 8.16. The van der Waals surface area contributed by atoms with Crippen LogP contribution in [0.2, 0.25) is 10.0 Å². The molecule has 0 bridgehead atoms. The van der Waals surface area contributed by atoms with E-state index in [0.717, 1.165) is 86.1 Å². The summed E-state index contributed by atoms with van der Waals surface area (Å²) in [5, 5.41) is 13.2. The molecule has 0 aliphatic carbocycles. The lowest BCUT2D eigenvalue weighted by Gasteiger charge is -2.22. The van der Waals surface area contributed by atoms with Crippen LogP contribution in [0.1, 0.15) is 23.4 Å². The first kappa shape index (κ1) is 26.0. The van der Waals surface area contributed by atoms with Gasteiger partial charge in [-0.3, -0.25) is 19.2 Å². The summed E-state index contributed by atoms with van der Waals surface area (Å²) in [6, 6.07) is 22.1. The van der Waals surface area contributed by atoms with Gasteiger partial charge in [-0.05, 0) is 67.4 Å². The second kappa shape index (κ2) is 11.5. The number of hydrogen-bond acceptors (Lipinski definition) is 5. The summed E-state index contributed by atoms with van der Waals surface area (Å²) < 4.78 is 2.14. The zero-order chi connectivity index (χ0) is 26.8. The smallest absolute Gasteiger partial charge is 0.238 e. The largest absolute Gasteiger partial charge is 0.325 e. The molecule has 3 aromatic carbocycles. The van der Waals surface area contributed by atoms with Crippen LogP contribution in [0, 0.1) is 0 Å². The fourth-order valence-electron chi connectivity index (χ4n) is 5.47. The van der Waals surface area contributed by atoms with Gasteiger partial charge in [-0.1, -0.05) is 59.6 Å². The van der Waals surface area contributed by atoms with E-state index in [2.05, 4.69) is 54.1 Å². The molecule has 0 saturated carbocycles. The Kier molecular flexibility index (Phi) is 7.66. The number of aryl methyl sites for hydroxylation is 2. The maximum absolute atomic E-state index is 13.0. The first-order valence-electron chi connectivity index (χ1n) is 13.3. The van der Waals surface area contributed by atoms with Gasteiger partial charge in [-0.15, -0.1) is 10.2 Å². The average molecular weight is 562 g/mol. The molecule has 1 N–H and O–H groups in total. The Hall–Kier alpha value is -3.23.